The number of ether oxygens (including phenoxy) is 3. The summed E-state index contributed by atoms with van der Waals surface area (Å²) in [6.45, 7) is 1.02. The maximum Gasteiger partial charge on any atom is 0.321 e. The number of piperidine rings is 1. The zero-order chi connectivity index (χ0) is 20.4. The number of nitrogens with one attached hydrogen (secondary N) is 1. The molecule has 7 nitrogen and oxygen atoms in total. The van der Waals surface area contributed by atoms with Crippen molar-refractivity contribution in [2.24, 2.45) is 0 Å². The molecule has 0 saturated carbocycles. The van der Waals surface area contributed by atoms with Crippen molar-refractivity contribution in [1.29, 1.82) is 0 Å². The molecular formula is C22H24N2O5. The molecule has 2 aromatic carbocycles. The zero-order valence-electron chi connectivity index (χ0n) is 16.6. The standard InChI is InChI=1S/C22H24N2O5/c1-27-18-9-8-16-17(25)14-22(29-19(16)20(18)28-2)10-12-24(13-11-22)21(26)23-15-6-4-3-5-7-15/h3-9H,10-14H2,1-2H3,(H,23,26). The average molecular weight is 396 g/mol. The lowest BCUT2D eigenvalue weighted by molar-refractivity contribution is -0.00163. The second kappa shape index (κ2) is 7.66. The molecule has 0 aromatic heterocycles. The number of amides is 2. The molecule has 0 atom stereocenters. The molecule has 1 fully saturated rings. The molecule has 2 heterocycles. The van der Waals surface area contributed by atoms with E-state index in [1.54, 1.807) is 24.1 Å². The molecule has 1 saturated heterocycles. The molecule has 0 unspecified atom stereocenters. The number of likely N-dealkylation sites (tertiary alicyclic amines) is 1. The number of rotatable bonds is 3. The van der Waals surface area contributed by atoms with Crippen molar-refractivity contribution in [1.82, 2.24) is 4.90 Å². The summed E-state index contributed by atoms with van der Waals surface area (Å²) in [4.78, 5) is 27.1. The fourth-order valence-corrected chi connectivity index (χ4v) is 3.98. The fourth-order valence-electron chi connectivity index (χ4n) is 3.98. The molecule has 2 aliphatic heterocycles. The molecule has 2 amide bonds. The van der Waals surface area contributed by atoms with Crippen LogP contribution in [0.1, 0.15) is 29.6 Å². The van der Waals surface area contributed by atoms with Gasteiger partial charge >= 0.3 is 6.03 Å². The number of nitrogens with zero attached hydrogens (tertiary/aromatic N) is 1. The van der Waals surface area contributed by atoms with Gasteiger partial charge in [-0.3, -0.25) is 4.79 Å². The molecule has 1 spiro atoms. The first kappa shape index (κ1) is 19.1. The first-order valence-electron chi connectivity index (χ1n) is 9.63. The molecular weight excluding hydrogens is 372 g/mol. The number of carbonyl (C=O) groups excluding carboxylic acids is 2. The van der Waals surface area contributed by atoms with Crippen LogP contribution in [-0.4, -0.2) is 49.6 Å². The van der Waals surface area contributed by atoms with Gasteiger partial charge in [-0.2, -0.15) is 0 Å². The van der Waals surface area contributed by atoms with Crippen molar-refractivity contribution in [3.8, 4) is 17.2 Å². The summed E-state index contributed by atoms with van der Waals surface area (Å²) < 4.78 is 17.2. The number of ketones is 1. The lowest BCUT2D eigenvalue weighted by Crippen LogP contribution is -2.53. The third-order valence-corrected chi connectivity index (χ3v) is 5.59. The van der Waals surface area contributed by atoms with Gasteiger partial charge in [-0.25, -0.2) is 4.79 Å². The van der Waals surface area contributed by atoms with Gasteiger partial charge in [0.15, 0.2) is 17.3 Å². The molecule has 29 heavy (non-hydrogen) atoms. The van der Waals surface area contributed by atoms with Crippen molar-refractivity contribution in [2.75, 3.05) is 32.6 Å². The van der Waals surface area contributed by atoms with Gasteiger partial charge in [0.1, 0.15) is 5.60 Å². The molecule has 0 aliphatic carbocycles. The van der Waals surface area contributed by atoms with Crippen molar-refractivity contribution in [2.45, 2.75) is 24.9 Å². The Morgan fingerprint density at radius 2 is 1.79 bits per heavy atom. The quantitative estimate of drug-likeness (QED) is 0.855. The van der Waals surface area contributed by atoms with Crippen molar-refractivity contribution in [3.63, 3.8) is 0 Å². The van der Waals surface area contributed by atoms with E-state index < -0.39 is 5.60 Å². The van der Waals surface area contributed by atoms with Crippen LogP contribution in [0.2, 0.25) is 0 Å². The second-order valence-electron chi connectivity index (χ2n) is 7.35. The summed E-state index contributed by atoms with van der Waals surface area (Å²) in [6.07, 6.45) is 1.44. The van der Waals surface area contributed by atoms with Gasteiger partial charge in [0.05, 0.1) is 26.2 Å². The number of fused-ring (bicyclic) bond motifs is 1. The number of Topliss-reactive ketones (excluding diaryl/α,β-unsaturated/α-hetero) is 1. The highest BCUT2D eigenvalue weighted by atomic mass is 16.5. The van der Waals surface area contributed by atoms with Gasteiger partial charge in [-0.05, 0) is 24.3 Å². The molecule has 152 valence electrons. The van der Waals surface area contributed by atoms with E-state index in [1.807, 2.05) is 30.3 Å². The summed E-state index contributed by atoms with van der Waals surface area (Å²) in [7, 11) is 3.08. The van der Waals surface area contributed by atoms with Crippen LogP contribution in [0.4, 0.5) is 10.5 Å². The Labute approximate surface area is 169 Å². The molecule has 2 aromatic rings. The highest BCUT2D eigenvalue weighted by Crippen LogP contribution is 2.47. The predicted molar refractivity (Wildman–Crippen MR) is 108 cm³/mol. The van der Waals surface area contributed by atoms with Crippen molar-refractivity contribution in [3.05, 3.63) is 48.0 Å². The van der Waals surface area contributed by atoms with E-state index in [1.165, 1.54) is 7.11 Å². The maximum absolute atomic E-state index is 12.8. The predicted octanol–water partition coefficient (Wildman–Crippen LogP) is 3.74. The topological polar surface area (TPSA) is 77.1 Å². The number of carbonyl (C=O) groups is 2. The Balaban J connectivity index is 1.49. The first-order chi connectivity index (χ1) is 14.0. The number of methoxy groups -OCH3 is 2. The number of urea groups is 1. The van der Waals surface area contributed by atoms with Crippen LogP contribution in [0.3, 0.4) is 0 Å². The maximum atomic E-state index is 12.8. The van der Waals surface area contributed by atoms with Gasteiger partial charge < -0.3 is 24.4 Å². The largest absolute Gasteiger partial charge is 0.493 e. The van der Waals surface area contributed by atoms with Gasteiger partial charge in [0.25, 0.3) is 0 Å². The van der Waals surface area contributed by atoms with E-state index in [4.69, 9.17) is 14.2 Å². The number of hydrogen-bond acceptors (Lipinski definition) is 5. The lowest BCUT2D eigenvalue weighted by Gasteiger charge is -2.44. The van der Waals surface area contributed by atoms with Gasteiger partial charge in [0.2, 0.25) is 5.75 Å². The number of para-hydroxylation sites is 1. The Hall–Kier alpha value is -3.22. The van der Waals surface area contributed by atoms with E-state index in [9.17, 15) is 9.59 Å². The molecule has 1 N–H and O–H groups in total. The average Bonchev–Trinajstić information content (AvgIpc) is 2.74. The normalized spacial score (nSPS) is 17.3. The minimum absolute atomic E-state index is 0.0226. The molecule has 0 radical (unpaired) electrons. The molecule has 7 heteroatoms. The van der Waals surface area contributed by atoms with Gasteiger partial charge in [0, 0.05) is 31.6 Å². The highest BCUT2D eigenvalue weighted by Gasteiger charge is 2.45. The third kappa shape index (κ3) is 3.60. The Morgan fingerprint density at radius 1 is 1.07 bits per heavy atom. The monoisotopic (exact) mass is 396 g/mol. The van der Waals surface area contributed by atoms with E-state index in [0.29, 0.717) is 55.2 Å². The highest BCUT2D eigenvalue weighted by molar-refractivity contribution is 6.01. The Bertz CT molecular complexity index is 920. The van der Waals surface area contributed by atoms with E-state index >= 15 is 0 Å². The second-order valence-corrected chi connectivity index (χ2v) is 7.35. The first-order valence-corrected chi connectivity index (χ1v) is 9.63. The lowest BCUT2D eigenvalue weighted by atomic mass is 9.82. The SMILES string of the molecule is COc1ccc2c(c1OC)OC1(CCN(C(=O)Nc3ccccc3)CC1)CC2=O. The van der Waals surface area contributed by atoms with Crippen LogP contribution < -0.4 is 19.5 Å². The van der Waals surface area contributed by atoms with Crippen LogP contribution in [0, 0.1) is 0 Å². The molecule has 4 rings (SSSR count). The van der Waals surface area contributed by atoms with Crippen molar-refractivity contribution >= 4 is 17.5 Å². The molecule has 0 bridgehead atoms. The Kier molecular flexibility index (Phi) is 5.05. The molecule has 2 aliphatic rings. The Morgan fingerprint density at radius 3 is 2.45 bits per heavy atom. The smallest absolute Gasteiger partial charge is 0.321 e. The van der Waals surface area contributed by atoms with E-state index in [0.717, 1.165) is 5.69 Å². The number of hydrogen-bond donors (Lipinski definition) is 1. The van der Waals surface area contributed by atoms with Gasteiger partial charge in [-0.15, -0.1) is 0 Å². The van der Waals surface area contributed by atoms with Crippen LogP contribution in [0.5, 0.6) is 17.2 Å². The van der Waals surface area contributed by atoms with Crippen LogP contribution >= 0.6 is 0 Å². The van der Waals surface area contributed by atoms with Crippen LogP contribution in [-0.2, 0) is 0 Å². The van der Waals surface area contributed by atoms with E-state index in [-0.39, 0.29) is 11.8 Å². The zero-order valence-corrected chi connectivity index (χ0v) is 16.6. The van der Waals surface area contributed by atoms with Crippen molar-refractivity contribution < 1.29 is 23.8 Å². The summed E-state index contributed by atoms with van der Waals surface area (Å²) in [5.41, 5.74) is 0.637. The summed E-state index contributed by atoms with van der Waals surface area (Å²) in [6, 6.07) is 12.6. The summed E-state index contributed by atoms with van der Waals surface area (Å²) in [5.74, 6) is 1.41. The number of anilines is 1. The van der Waals surface area contributed by atoms with Gasteiger partial charge in [-0.1, -0.05) is 18.2 Å². The minimum atomic E-state index is -0.632. The third-order valence-electron chi connectivity index (χ3n) is 5.59. The van der Waals surface area contributed by atoms with E-state index in [2.05, 4.69) is 5.32 Å². The number of benzene rings is 2. The summed E-state index contributed by atoms with van der Waals surface area (Å²) in [5, 5.41) is 2.90. The minimum Gasteiger partial charge on any atom is -0.493 e. The fraction of sp³-hybridized carbons (Fsp3) is 0.364. The van der Waals surface area contributed by atoms with Crippen LogP contribution in [0.25, 0.3) is 0 Å². The summed E-state index contributed by atoms with van der Waals surface area (Å²) >= 11 is 0. The van der Waals surface area contributed by atoms with Crippen LogP contribution in [0.15, 0.2) is 42.5 Å².